The van der Waals surface area contributed by atoms with Gasteiger partial charge in [0.2, 0.25) is 11.8 Å². The van der Waals surface area contributed by atoms with Gasteiger partial charge in [0.05, 0.1) is 11.9 Å². The van der Waals surface area contributed by atoms with Crippen LogP contribution in [0.15, 0.2) is 24.4 Å². The number of aromatic nitrogens is 3. The lowest BCUT2D eigenvalue weighted by molar-refractivity contribution is -0.136. The molecule has 0 radical (unpaired) electrons. The maximum absolute atomic E-state index is 12.9. The van der Waals surface area contributed by atoms with Gasteiger partial charge in [0.25, 0.3) is 5.91 Å². The highest BCUT2D eigenvalue weighted by Gasteiger charge is 2.40. The fourth-order valence-electron chi connectivity index (χ4n) is 3.66. The summed E-state index contributed by atoms with van der Waals surface area (Å²) < 4.78 is 1.54. The lowest BCUT2D eigenvalue weighted by atomic mass is 10.0. The highest BCUT2D eigenvalue weighted by molar-refractivity contribution is 6.05. The number of amides is 3. The lowest BCUT2D eigenvalue weighted by Gasteiger charge is -2.29. The number of nitrogens with zero attached hydrogens (tertiary/aromatic N) is 4. The molecule has 1 fully saturated rings. The van der Waals surface area contributed by atoms with Gasteiger partial charge in [-0.15, -0.1) is 5.10 Å². The number of carbonyl (C=O) groups is 3. The number of aliphatic hydroxyl groups excluding tert-OH is 1. The minimum absolute atomic E-state index is 0.00349. The van der Waals surface area contributed by atoms with E-state index < -0.39 is 18.1 Å². The fraction of sp³-hybridized carbons (Fsp3) is 0.421. The van der Waals surface area contributed by atoms with Crippen molar-refractivity contribution in [3.63, 3.8) is 0 Å². The number of benzene rings is 1. The smallest absolute Gasteiger partial charge is 0.255 e. The first kappa shape index (κ1) is 18.3. The first-order valence-corrected chi connectivity index (χ1v) is 9.24. The predicted octanol–water partition coefficient (Wildman–Crippen LogP) is 0.718. The van der Waals surface area contributed by atoms with Crippen molar-refractivity contribution in [3.8, 4) is 5.69 Å². The van der Waals surface area contributed by atoms with E-state index in [1.54, 1.807) is 23.0 Å². The number of rotatable bonds is 4. The van der Waals surface area contributed by atoms with Gasteiger partial charge in [-0.3, -0.25) is 19.7 Å². The van der Waals surface area contributed by atoms with Gasteiger partial charge in [-0.05, 0) is 24.5 Å². The molecule has 1 saturated heterocycles. The van der Waals surface area contributed by atoms with Crippen molar-refractivity contribution < 1.29 is 19.5 Å². The lowest BCUT2D eigenvalue weighted by Crippen LogP contribution is -2.52. The van der Waals surface area contributed by atoms with E-state index in [1.807, 2.05) is 19.9 Å². The van der Waals surface area contributed by atoms with Crippen LogP contribution in [0.5, 0.6) is 0 Å². The molecular formula is C19H21N5O4. The molecule has 0 spiro atoms. The van der Waals surface area contributed by atoms with Gasteiger partial charge in [-0.1, -0.05) is 25.1 Å². The molecule has 1 aromatic heterocycles. The molecular weight excluding hydrogens is 362 g/mol. The maximum atomic E-state index is 12.9. The second-order valence-electron chi connectivity index (χ2n) is 7.48. The molecule has 2 aliphatic heterocycles. The third-order valence-electron chi connectivity index (χ3n) is 5.25. The van der Waals surface area contributed by atoms with E-state index in [2.05, 4.69) is 15.6 Å². The summed E-state index contributed by atoms with van der Waals surface area (Å²) in [4.78, 5) is 38.0. The van der Waals surface area contributed by atoms with E-state index in [4.69, 9.17) is 0 Å². The SMILES string of the molecule is CC(C)C(O)c1cn(-c2cccc3c2CN(C2CCC(=O)NC2=O)C3=O)nn1. The summed E-state index contributed by atoms with van der Waals surface area (Å²) in [7, 11) is 0. The van der Waals surface area contributed by atoms with Gasteiger partial charge in [0.1, 0.15) is 17.8 Å². The Morgan fingerprint density at radius 1 is 1.25 bits per heavy atom. The van der Waals surface area contributed by atoms with Crippen molar-refractivity contribution in [2.75, 3.05) is 0 Å². The Hall–Kier alpha value is -3.07. The molecule has 1 aromatic carbocycles. The molecule has 9 nitrogen and oxygen atoms in total. The van der Waals surface area contributed by atoms with Crippen LogP contribution >= 0.6 is 0 Å². The molecule has 2 atom stereocenters. The standard InChI is InChI=1S/C19H21N5O4/c1-10(2)17(26)13-9-24(22-21-13)14-5-3-4-11-12(14)8-23(19(11)28)15-6-7-16(25)20-18(15)27/h3-5,9-10,15,17,26H,6-8H2,1-2H3,(H,20,25,27). The number of imide groups is 1. The second kappa shape index (κ2) is 6.83. The molecule has 146 valence electrons. The zero-order chi connectivity index (χ0) is 20.0. The van der Waals surface area contributed by atoms with Gasteiger partial charge >= 0.3 is 0 Å². The van der Waals surface area contributed by atoms with Gasteiger partial charge in [-0.2, -0.15) is 0 Å². The van der Waals surface area contributed by atoms with Crippen LogP contribution in [0.3, 0.4) is 0 Å². The first-order valence-electron chi connectivity index (χ1n) is 9.24. The van der Waals surface area contributed by atoms with Crippen LogP contribution in [0.1, 0.15) is 54.4 Å². The molecule has 2 aromatic rings. The van der Waals surface area contributed by atoms with E-state index >= 15 is 0 Å². The number of aliphatic hydroxyl groups is 1. The van der Waals surface area contributed by atoms with Crippen LogP contribution < -0.4 is 5.32 Å². The maximum Gasteiger partial charge on any atom is 0.255 e. The zero-order valence-corrected chi connectivity index (χ0v) is 15.6. The van der Waals surface area contributed by atoms with Crippen molar-refractivity contribution in [2.24, 2.45) is 5.92 Å². The van der Waals surface area contributed by atoms with Crippen LogP contribution in [-0.2, 0) is 16.1 Å². The van der Waals surface area contributed by atoms with Gasteiger partial charge < -0.3 is 10.0 Å². The Balaban J connectivity index is 1.65. The molecule has 3 amide bonds. The van der Waals surface area contributed by atoms with Crippen LogP contribution in [0.25, 0.3) is 5.69 Å². The number of carbonyl (C=O) groups excluding carboxylic acids is 3. The van der Waals surface area contributed by atoms with Gasteiger partial charge in [0.15, 0.2) is 0 Å². The summed E-state index contributed by atoms with van der Waals surface area (Å²) in [6.45, 7) is 4.03. The van der Waals surface area contributed by atoms with Gasteiger partial charge in [-0.25, -0.2) is 4.68 Å². The van der Waals surface area contributed by atoms with Crippen LogP contribution in [-0.4, -0.2) is 48.8 Å². The molecule has 2 aliphatic rings. The number of hydrogen-bond acceptors (Lipinski definition) is 6. The molecule has 2 unspecified atom stereocenters. The Bertz CT molecular complexity index is 967. The molecule has 0 bridgehead atoms. The van der Waals surface area contributed by atoms with E-state index in [0.717, 1.165) is 5.56 Å². The highest BCUT2D eigenvalue weighted by Crippen LogP contribution is 2.31. The van der Waals surface area contributed by atoms with Crippen LogP contribution in [0.2, 0.25) is 0 Å². The van der Waals surface area contributed by atoms with E-state index in [1.165, 1.54) is 4.90 Å². The van der Waals surface area contributed by atoms with Crippen molar-refractivity contribution in [3.05, 3.63) is 41.2 Å². The molecule has 0 saturated carbocycles. The Labute approximate surface area is 161 Å². The summed E-state index contributed by atoms with van der Waals surface area (Å²) in [5.41, 5.74) is 2.38. The quantitative estimate of drug-likeness (QED) is 0.751. The van der Waals surface area contributed by atoms with Crippen molar-refractivity contribution in [1.29, 1.82) is 0 Å². The summed E-state index contributed by atoms with van der Waals surface area (Å²) in [6.07, 6.45) is 1.45. The number of fused-ring (bicyclic) bond motifs is 1. The monoisotopic (exact) mass is 383 g/mol. The fourth-order valence-corrected chi connectivity index (χ4v) is 3.66. The van der Waals surface area contributed by atoms with E-state index in [9.17, 15) is 19.5 Å². The average Bonchev–Trinajstić information content (AvgIpc) is 3.27. The Morgan fingerprint density at radius 2 is 2.04 bits per heavy atom. The molecule has 3 heterocycles. The van der Waals surface area contributed by atoms with Crippen molar-refractivity contribution in [2.45, 2.75) is 45.4 Å². The number of hydrogen-bond donors (Lipinski definition) is 2. The molecule has 4 rings (SSSR count). The largest absolute Gasteiger partial charge is 0.386 e. The van der Waals surface area contributed by atoms with Gasteiger partial charge in [0, 0.05) is 24.1 Å². The normalized spacial score (nSPS) is 20.5. The third-order valence-corrected chi connectivity index (χ3v) is 5.25. The third kappa shape index (κ3) is 2.97. The predicted molar refractivity (Wildman–Crippen MR) is 97.2 cm³/mol. The van der Waals surface area contributed by atoms with Crippen LogP contribution in [0, 0.1) is 5.92 Å². The number of nitrogens with one attached hydrogen (secondary N) is 1. The van der Waals surface area contributed by atoms with Crippen molar-refractivity contribution >= 4 is 17.7 Å². The van der Waals surface area contributed by atoms with E-state index in [-0.39, 0.29) is 30.7 Å². The van der Waals surface area contributed by atoms with Crippen molar-refractivity contribution in [1.82, 2.24) is 25.2 Å². The topological polar surface area (TPSA) is 117 Å². The molecule has 9 heteroatoms. The molecule has 2 N–H and O–H groups in total. The summed E-state index contributed by atoms with van der Waals surface area (Å²) in [5, 5.41) is 20.7. The summed E-state index contributed by atoms with van der Waals surface area (Å²) in [5.74, 6) is -1.00. The number of piperidine rings is 1. The minimum atomic E-state index is -0.730. The summed E-state index contributed by atoms with van der Waals surface area (Å²) >= 11 is 0. The minimum Gasteiger partial charge on any atom is -0.386 e. The molecule has 0 aliphatic carbocycles. The Kier molecular flexibility index (Phi) is 4.46. The van der Waals surface area contributed by atoms with Crippen LogP contribution in [0.4, 0.5) is 0 Å². The second-order valence-corrected chi connectivity index (χ2v) is 7.48. The van der Waals surface area contributed by atoms with E-state index in [0.29, 0.717) is 23.4 Å². The summed E-state index contributed by atoms with van der Waals surface area (Å²) in [6, 6.07) is 4.62. The average molecular weight is 383 g/mol. The zero-order valence-electron chi connectivity index (χ0n) is 15.6. The highest BCUT2D eigenvalue weighted by atomic mass is 16.3. The Morgan fingerprint density at radius 3 is 2.75 bits per heavy atom. The molecule has 28 heavy (non-hydrogen) atoms. The first-order chi connectivity index (χ1) is 13.4.